The number of thiazole rings is 1. The number of hydrogen-bond donors (Lipinski definition) is 1. The smallest absolute Gasteiger partial charge is 0.245 e. The Morgan fingerprint density at radius 1 is 1.61 bits per heavy atom. The Hall–Kier alpha value is -1.69. The first-order valence-corrected chi connectivity index (χ1v) is 6.55. The Morgan fingerprint density at radius 3 is 2.83 bits per heavy atom. The molecule has 1 aromatic rings. The predicted molar refractivity (Wildman–Crippen MR) is 72.5 cm³/mol. The Morgan fingerprint density at radius 2 is 2.33 bits per heavy atom. The van der Waals surface area contributed by atoms with Gasteiger partial charge in [0.15, 0.2) is 5.13 Å². The summed E-state index contributed by atoms with van der Waals surface area (Å²) in [6.07, 6.45) is 1.98. The van der Waals surface area contributed by atoms with Crippen molar-refractivity contribution in [3.8, 4) is 0 Å². The summed E-state index contributed by atoms with van der Waals surface area (Å²) in [5.41, 5.74) is 0.864. The van der Waals surface area contributed by atoms with Crippen LogP contribution in [0.5, 0.6) is 0 Å². The SMILES string of the molecule is C=CCN(CC(=O)Nc1nc(C)cs1)C(=O)CC. The zero-order valence-corrected chi connectivity index (χ0v) is 11.4. The molecule has 2 amide bonds. The minimum atomic E-state index is -0.243. The number of anilines is 1. The maximum atomic E-state index is 11.8. The van der Waals surface area contributed by atoms with Gasteiger partial charge in [0.2, 0.25) is 11.8 Å². The summed E-state index contributed by atoms with van der Waals surface area (Å²) in [5, 5.41) is 5.08. The van der Waals surface area contributed by atoms with E-state index in [2.05, 4.69) is 16.9 Å². The van der Waals surface area contributed by atoms with Crippen LogP contribution in [0.2, 0.25) is 0 Å². The zero-order valence-electron chi connectivity index (χ0n) is 10.6. The van der Waals surface area contributed by atoms with Crippen molar-refractivity contribution in [3.05, 3.63) is 23.7 Å². The Balaban J connectivity index is 2.55. The van der Waals surface area contributed by atoms with Crippen molar-refractivity contribution in [2.24, 2.45) is 0 Å². The van der Waals surface area contributed by atoms with Crippen molar-refractivity contribution in [2.45, 2.75) is 20.3 Å². The van der Waals surface area contributed by atoms with Gasteiger partial charge < -0.3 is 10.2 Å². The standard InChI is InChI=1S/C12H17N3O2S/c1-4-6-15(11(17)5-2)7-10(16)14-12-13-9(3)8-18-12/h4,8H,1,5-7H2,2-3H3,(H,13,14,16). The van der Waals surface area contributed by atoms with Crippen LogP contribution in [0.4, 0.5) is 5.13 Å². The number of nitrogens with zero attached hydrogens (tertiary/aromatic N) is 2. The van der Waals surface area contributed by atoms with Gasteiger partial charge >= 0.3 is 0 Å². The van der Waals surface area contributed by atoms with Gasteiger partial charge in [-0.2, -0.15) is 0 Å². The molecule has 0 fully saturated rings. The summed E-state index contributed by atoms with van der Waals surface area (Å²) in [6, 6.07) is 0. The highest BCUT2D eigenvalue weighted by atomic mass is 32.1. The first-order chi connectivity index (χ1) is 8.56. The van der Waals surface area contributed by atoms with Crippen LogP contribution in [0.15, 0.2) is 18.0 Å². The average molecular weight is 267 g/mol. The van der Waals surface area contributed by atoms with Gasteiger partial charge in [0.1, 0.15) is 6.54 Å². The predicted octanol–water partition coefficient (Wildman–Crippen LogP) is 1.81. The van der Waals surface area contributed by atoms with Gasteiger partial charge in [-0.05, 0) is 6.92 Å². The average Bonchev–Trinajstić information content (AvgIpc) is 2.73. The highest BCUT2D eigenvalue weighted by molar-refractivity contribution is 7.13. The zero-order chi connectivity index (χ0) is 13.5. The minimum Gasteiger partial charge on any atom is -0.330 e. The lowest BCUT2D eigenvalue weighted by molar-refractivity contribution is -0.133. The van der Waals surface area contributed by atoms with E-state index in [0.717, 1.165) is 5.69 Å². The highest BCUT2D eigenvalue weighted by Gasteiger charge is 2.15. The molecule has 0 radical (unpaired) electrons. The second-order valence-corrected chi connectivity index (χ2v) is 4.62. The van der Waals surface area contributed by atoms with Crippen LogP contribution in [0.1, 0.15) is 19.0 Å². The lowest BCUT2D eigenvalue weighted by Crippen LogP contribution is -2.37. The molecule has 98 valence electrons. The van der Waals surface area contributed by atoms with Gasteiger partial charge in [-0.15, -0.1) is 17.9 Å². The molecule has 0 aromatic carbocycles. The number of carbonyl (C=O) groups excluding carboxylic acids is 2. The van der Waals surface area contributed by atoms with E-state index in [4.69, 9.17) is 0 Å². The Kier molecular flexibility index (Phi) is 5.51. The van der Waals surface area contributed by atoms with Gasteiger partial charge in [0.25, 0.3) is 0 Å². The Labute approximate surface area is 111 Å². The molecule has 0 saturated carbocycles. The molecular weight excluding hydrogens is 250 g/mol. The molecule has 0 aliphatic rings. The molecule has 5 nitrogen and oxygen atoms in total. The molecule has 0 unspecified atom stereocenters. The van der Waals surface area contributed by atoms with Crippen LogP contribution in [0, 0.1) is 6.92 Å². The number of rotatable bonds is 6. The third-order valence-corrected chi connectivity index (χ3v) is 3.08. The van der Waals surface area contributed by atoms with E-state index in [1.807, 2.05) is 12.3 Å². The number of hydrogen-bond acceptors (Lipinski definition) is 4. The van der Waals surface area contributed by atoms with Crippen molar-refractivity contribution < 1.29 is 9.59 Å². The molecule has 18 heavy (non-hydrogen) atoms. The quantitative estimate of drug-likeness (QED) is 0.800. The largest absolute Gasteiger partial charge is 0.330 e. The molecule has 1 rings (SSSR count). The summed E-state index contributed by atoms with van der Waals surface area (Å²) in [6.45, 7) is 7.60. The second-order valence-electron chi connectivity index (χ2n) is 3.76. The summed E-state index contributed by atoms with van der Waals surface area (Å²) >= 11 is 1.37. The molecular formula is C12H17N3O2S. The minimum absolute atomic E-state index is 0.0251. The molecule has 0 aliphatic carbocycles. The van der Waals surface area contributed by atoms with E-state index < -0.39 is 0 Å². The van der Waals surface area contributed by atoms with E-state index >= 15 is 0 Å². The summed E-state index contributed by atoms with van der Waals surface area (Å²) in [4.78, 5) is 28.9. The van der Waals surface area contributed by atoms with E-state index in [-0.39, 0.29) is 18.4 Å². The second kappa shape index (κ2) is 6.90. The summed E-state index contributed by atoms with van der Waals surface area (Å²) in [7, 11) is 0. The fourth-order valence-electron chi connectivity index (χ4n) is 1.38. The molecule has 0 saturated heterocycles. The third kappa shape index (κ3) is 4.29. The number of aromatic nitrogens is 1. The summed E-state index contributed by atoms with van der Waals surface area (Å²) in [5.74, 6) is -0.312. The monoisotopic (exact) mass is 267 g/mol. The first kappa shape index (κ1) is 14.4. The van der Waals surface area contributed by atoms with Gasteiger partial charge in [-0.1, -0.05) is 13.0 Å². The van der Waals surface area contributed by atoms with Gasteiger partial charge in [0, 0.05) is 18.3 Å². The van der Waals surface area contributed by atoms with Gasteiger partial charge in [0.05, 0.1) is 5.69 Å². The first-order valence-electron chi connectivity index (χ1n) is 5.67. The number of carbonyl (C=O) groups is 2. The van der Waals surface area contributed by atoms with Crippen molar-refractivity contribution >= 4 is 28.3 Å². The van der Waals surface area contributed by atoms with Crippen molar-refractivity contribution in [1.29, 1.82) is 0 Å². The van der Waals surface area contributed by atoms with Gasteiger partial charge in [-0.25, -0.2) is 4.98 Å². The third-order valence-electron chi connectivity index (χ3n) is 2.20. The highest BCUT2D eigenvalue weighted by Crippen LogP contribution is 2.14. The maximum absolute atomic E-state index is 11.8. The van der Waals surface area contributed by atoms with E-state index in [1.165, 1.54) is 16.2 Å². The molecule has 1 heterocycles. The van der Waals surface area contributed by atoms with Crippen LogP contribution < -0.4 is 5.32 Å². The van der Waals surface area contributed by atoms with Gasteiger partial charge in [-0.3, -0.25) is 9.59 Å². The topological polar surface area (TPSA) is 62.3 Å². The van der Waals surface area contributed by atoms with Crippen LogP contribution in [-0.2, 0) is 9.59 Å². The van der Waals surface area contributed by atoms with Crippen molar-refractivity contribution in [1.82, 2.24) is 9.88 Å². The molecule has 0 bridgehead atoms. The maximum Gasteiger partial charge on any atom is 0.245 e. The molecule has 1 N–H and O–H groups in total. The molecule has 0 aliphatic heterocycles. The normalized spacial score (nSPS) is 9.89. The van der Waals surface area contributed by atoms with Crippen molar-refractivity contribution in [3.63, 3.8) is 0 Å². The summed E-state index contributed by atoms with van der Waals surface area (Å²) < 4.78 is 0. The molecule has 0 atom stereocenters. The molecule has 0 spiro atoms. The van der Waals surface area contributed by atoms with E-state index in [1.54, 1.807) is 13.0 Å². The fraction of sp³-hybridized carbons (Fsp3) is 0.417. The van der Waals surface area contributed by atoms with Crippen molar-refractivity contribution in [2.75, 3.05) is 18.4 Å². The van der Waals surface area contributed by atoms with E-state index in [0.29, 0.717) is 18.1 Å². The van der Waals surface area contributed by atoms with E-state index in [9.17, 15) is 9.59 Å². The lowest BCUT2D eigenvalue weighted by Gasteiger charge is -2.19. The van der Waals surface area contributed by atoms with Crippen LogP contribution in [0.3, 0.4) is 0 Å². The number of amides is 2. The Bertz CT molecular complexity index is 442. The fourth-order valence-corrected chi connectivity index (χ4v) is 2.08. The molecule has 6 heteroatoms. The number of aryl methyl sites for hydroxylation is 1. The lowest BCUT2D eigenvalue weighted by atomic mass is 10.3. The van der Waals surface area contributed by atoms with Crippen LogP contribution in [-0.4, -0.2) is 34.8 Å². The number of nitrogens with one attached hydrogen (secondary N) is 1. The van der Waals surface area contributed by atoms with Crippen LogP contribution >= 0.6 is 11.3 Å². The molecule has 1 aromatic heterocycles. The van der Waals surface area contributed by atoms with Crippen LogP contribution in [0.25, 0.3) is 0 Å².